The highest BCUT2D eigenvalue weighted by Crippen LogP contribution is 2.36. The van der Waals surface area contributed by atoms with Crippen LogP contribution in [0.3, 0.4) is 0 Å². The predicted octanol–water partition coefficient (Wildman–Crippen LogP) is 4.12. The number of carbonyl (C=O) groups excluding carboxylic acids is 1. The first-order valence-corrected chi connectivity index (χ1v) is 9.22. The number of benzene rings is 2. The summed E-state index contributed by atoms with van der Waals surface area (Å²) in [7, 11) is 0. The number of nitrogens with zero attached hydrogens (tertiary/aromatic N) is 2. The van der Waals surface area contributed by atoms with E-state index in [0.29, 0.717) is 14.7 Å². The number of hydrazone groups is 1. The summed E-state index contributed by atoms with van der Waals surface area (Å²) in [6.07, 6.45) is 1.10. The van der Waals surface area contributed by atoms with Crippen LogP contribution in [0.1, 0.15) is 5.56 Å². The Morgan fingerprint density at radius 3 is 2.54 bits per heavy atom. The molecule has 0 aliphatic carbocycles. The Morgan fingerprint density at radius 1 is 1.27 bits per heavy atom. The van der Waals surface area contributed by atoms with Crippen LogP contribution in [-0.2, 0) is 4.79 Å². The van der Waals surface area contributed by atoms with Crippen molar-refractivity contribution in [2.45, 2.75) is 0 Å². The van der Waals surface area contributed by atoms with Gasteiger partial charge in [-0.05, 0) is 50.1 Å². The van der Waals surface area contributed by atoms with Crippen LogP contribution >= 0.6 is 47.8 Å². The lowest BCUT2D eigenvalue weighted by Crippen LogP contribution is -2.24. The molecule has 0 spiro atoms. The molecule has 8 nitrogen and oxygen atoms in total. The van der Waals surface area contributed by atoms with E-state index in [1.165, 1.54) is 6.07 Å². The molecule has 11 heteroatoms. The van der Waals surface area contributed by atoms with Gasteiger partial charge in [-0.3, -0.25) is 14.9 Å². The van der Waals surface area contributed by atoms with Crippen LogP contribution < -0.4 is 10.2 Å². The Balaban J connectivity index is 1.96. The monoisotopic (exact) mass is 549 g/mol. The Kier molecular flexibility index (Phi) is 7.12. The van der Waals surface area contributed by atoms with Crippen molar-refractivity contribution in [2.24, 2.45) is 5.10 Å². The molecule has 0 atom stereocenters. The molecule has 0 radical (unpaired) electrons. The van der Waals surface area contributed by atoms with E-state index in [9.17, 15) is 20.0 Å². The van der Waals surface area contributed by atoms with E-state index in [1.807, 2.05) is 0 Å². The van der Waals surface area contributed by atoms with Gasteiger partial charge >= 0.3 is 0 Å². The lowest BCUT2D eigenvalue weighted by molar-refractivity contribution is -0.384. The smallest absolute Gasteiger partial charge is 0.277 e. The average Bonchev–Trinajstić information content (AvgIpc) is 2.55. The molecule has 2 rings (SSSR count). The van der Waals surface area contributed by atoms with Gasteiger partial charge in [0, 0.05) is 22.2 Å². The van der Waals surface area contributed by atoms with Gasteiger partial charge in [0.1, 0.15) is 11.5 Å². The zero-order chi connectivity index (χ0) is 19.3. The van der Waals surface area contributed by atoms with Gasteiger partial charge < -0.3 is 9.84 Å². The lowest BCUT2D eigenvalue weighted by atomic mass is 10.2. The molecule has 1 amide bonds. The topological polar surface area (TPSA) is 114 Å². The zero-order valence-electron chi connectivity index (χ0n) is 12.8. The number of nitro benzene ring substituents is 1. The number of aromatic hydroxyl groups is 1. The highest BCUT2D eigenvalue weighted by atomic mass is 79.9. The standard InChI is InChI=1S/C15H10Br3N3O5/c16-9-4-11(17)15(12(18)5-9)26-7-14(23)20-19-6-8-3-10(21(24)25)1-2-13(8)22/h1-6,22H,7H2,(H,20,23)/b19-6+. The second-order valence-electron chi connectivity index (χ2n) is 4.78. The van der Waals surface area contributed by atoms with Crippen LogP contribution in [0.4, 0.5) is 5.69 Å². The minimum Gasteiger partial charge on any atom is -0.507 e. The van der Waals surface area contributed by atoms with Gasteiger partial charge in [0.05, 0.1) is 20.1 Å². The fourth-order valence-corrected chi connectivity index (χ4v) is 4.26. The SMILES string of the molecule is O=C(COc1c(Br)cc(Br)cc1Br)N/N=C/c1cc([N+](=O)[O-])ccc1O. The minimum absolute atomic E-state index is 0.0961. The van der Waals surface area contributed by atoms with Gasteiger partial charge in [-0.25, -0.2) is 5.43 Å². The number of non-ortho nitro benzene ring substituents is 1. The van der Waals surface area contributed by atoms with Crippen LogP contribution in [0.5, 0.6) is 11.5 Å². The van der Waals surface area contributed by atoms with Crippen molar-refractivity contribution in [2.75, 3.05) is 6.61 Å². The summed E-state index contributed by atoms with van der Waals surface area (Å²) in [5, 5.41) is 24.0. The van der Waals surface area contributed by atoms with E-state index in [0.717, 1.165) is 22.8 Å². The summed E-state index contributed by atoms with van der Waals surface area (Å²) >= 11 is 9.98. The molecule has 0 unspecified atom stereocenters. The quantitative estimate of drug-likeness (QED) is 0.318. The second kappa shape index (κ2) is 9.10. The number of hydrogen-bond donors (Lipinski definition) is 2. The zero-order valence-corrected chi connectivity index (χ0v) is 17.5. The Labute approximate surface area is 172 Å². The van der Waals surface area contributed by atoms with E-state index in [2.05, 4.69) is 58.3 Å². The number of rotatable bonds is 6. The van der Waals surface area contributed by atoms with Crippen LogP contribution in [0.2, 0.25) is 0 Å². The van der Waals surface area contributed by atoms with Crippen molar-refractivity contribution in [3.8, 4) is 11.5 Å². The molecule has 0 saturated carbocycles. The number of amides is 1. The molecular formula is C15H10Br3N3O5. The number of nitrogens with one attached hydrogen (secondary N) is 1. The Morgan fingerprint density at radius 2 is 1.92 bits per heavy atom. The molecule has 0 heterocycles. The summed E-state index contributed by atoms with van der Waals surface area (Å²) < 4.78 is 7.55. The molecule has 0 fully saturated rings. The molecule has 0 bridgehead atoms. The molecule has 0 saturated heterocycles. The van der Waals surface area contributed by atoms with Crippen molar-refractivity contribution < 1.29 is 19.6 Å². The van der Waals surface area contributed by atoms with Crippen molar-refractivity contribution in [3.05, 3.63) is 59.4 Å². The van der Waals surface area contributed by atoms with Crippen LogP contribution in [0.15, 0.2) is 48.9 Å². The average molecular weight is 552 g/mol. The highest BCUT2D eigenvalue weighted by Gasteiger charge is 2.11. The van der Waals surface area contributed by atoms with Crippen molar-refractivity contribution in [1.29, 1.82) is 0 Å². The summed E-state index contributed by atoms with van der Waals surface area (Å²) in [6.45, 7) is -0.308. The fraction of sp³-hybridized carbons (Fsp3) is 0.0667. The Hall–Kier alpha value is -1.98. The fourth-order valence-electron chi connectivity index (χ4n) is 1.77. The first kappa shape index (κ1) is 20.3. The third kappa shape index (κ3) is 5.51. The molecule has 2 N–H and O–H groups in total. The van der Waals surface area contributed by atoms with Crippen molar-refractivity contribution in [1.82, 2.24) is 5.43 Å². The lowest BCUT2D eigenvalue weighted by Gasteiger charge is -2.09. The first-order valence-electron chi connectivity index (χ1n) is 6.84. The number of carbonyl (C=O) groups is 1. The van der Waals surface area contributed by atoms with Crippen LogP contribution in [0.25, 0.3) is 0 Å². The maximum absolute atomic E-state index is 11.8. The molecule has 0 aliphatic heterocycles. The number of phenolic OH excluding ortho intramolecular Hbond substituents is 1. The number of phenols is 1. The molecule has 2 aromatic carbocycles. The first-order chi connectivity index (χ1) is 12.3. The maximum Gasteiger partial charge on any atom is 0.277 e. The minimum atomic E-state index is -0.600. The third-order valence-electron chi connectivity index (χ3n) is 2.93. The largest absolute Gasteiger partial charge is 0.507 e. The van der Waals surface area contributed by atoms with Gasteiger partial charge in [-0.2, -0.15) is 5.10 Å². The maximum atomic E-state index is 11.8. The van der Waals surface area contributed by atoms with Gasteiger partial charge in [0.15, 0.2) is 6.61 Å². The number of hydrogen-bond acceptors (Lipinski definition) is 6. The summed E-state index contributed by atoms with van der Waals surface area (Å²) in [5.41, 5.74) is 2.10. The molecule has 26 heavy (non-hydrogen) atoms. The van der Waals surface area contributed by atoms with Gasteiger partial charge in [-0.1, -0.05) is 15.9 Å². The van der Waals surface area contributed by atoms with Gasteiger partial charge in [0.25, 0.3) is 11.6 Å². The van der Waals surface area contributed by atoms with E-state index >= 15 is 0 Å². The number of ether oxygens (including phenoxy) is 1. The van der Waals surface area contributed by atoms with Crippen LogP contribution in [-0.4, -0.2) is 28.8 Å². The van der Waals surface area contributed by atoms with Crippen molar-refractivity contribution >= 4 is 65.6 Å². The Bertz CT molecular complexity index is 866. The molecule has 0 aliphatic rings. The van der Waals surface area contributed by atoms with Gasteiger partial charge in [-0.15, -0.1) is 0 Å². The van der Waals surface area contributed by atoms with Gasteiger partial charge in [0.2, 0.25) is 0 Å². The van der Waals surface area contributed by atoms with E-state index in [4.69, 9.17) is 4.74 Å². The predicted molar refractivity (Wildman–Crippen MR) is 106 cm³/mol. The molecule has 2 aromatic rings. The number of nitro groups is 1. The van der Waals surface area contributed by atoms with E-state index < -0.39 is 10.8 Å². The summed E-state index contributed by atoms with van der Waals surface area (Å²) in [4.78, 5) is 21.9. The van der Waals surface area contributed by atoms with Crippen LogP contribution in [0, 0.1) is 10.1 Å². The normalized spacial score (nSPS) is 10.7. The number of halogens is 3. The summed E-state index contributed by atoms with van der Waals surface area (Å²) in [6, 6.07) is 7.00. The second-order valence-corrected chi connectivity index (χ2v) is 7.40. The summed E-state index contributed by atoms with van der Waals surface area (Å²) in [5.74, 6) is -0.302. The molecule has 136 valence electrons. The van der Waals surface area contributed by atoms with E-state index in [1.54, 1.807) is 12.1 Å². The van der Waals surface area contributed by atoms with E-state index in [-0.39, 0.29) is 23.6 Å². The van der Waals surface area contributed by atoms with Crippen molar-refractivity contribution in [3.63, 3.8) is 0 Å². The highest BCUT2D eigenvalue weighted by molar-refractivity contribution is 9.11. The third-order valence-corrected chi connectivity index (χ3v) is 4.56. The molecule has 0 aromatic heterocycles. The molecular weight excluding hydrogens is 542 g/mol.